The summed E-state index contributed by atoms with van der Waals surface area (Å²) in [5.74, 6) is -0.228. The van der Waals surface area contributed by atoms with Gasteiger partial charge in [0, 0.05) is 11.4 Å². The molecule has 0 aliphatic rings. The third-order valence-electron chi connectivity index (χ3n) is 2.34. The van der Waals surface area contributed by atoms with Crippen molar-refractivity contribution in [1.82, 2.24) is 9.55 Å². The Morgan fingerprint density at radius 3 is 2.64 bits per heavy atom. The summed E-state index contributed by atoms with van der Waals surface area (Å²) >= 11 is 0. The molecule has 2 nitrogen and oxygen atoms in total. The molecule has 3 heteroatoms. The number of nitrogens with zero attached hydrogens (tertiary/aromatic N) is 2. The molecule has 0 atom stereocenters. The maximum absolute atomic E-state index is 13.0. The zero-order valence-corrected chi connectivity index (χ0v) is 8.16. The van der Waals surface area contributed by atoms with E-state index in [1.54, 1.807) is 12.4 Å². The normalized spacial score (nSPS) is 10.5. The lowest BCUT2D eigenvalue weighted by Crippen LogP contribution is -1.95. The van der Waals surface area contributed by atoms with E-state index in [-0.39, 0.29) is 5.82 Å². The molecule has 72 valence electrons. The number of aryl methyl sites for hydroxylation is 1. The molecule has 2 rings (SSSR count). The summed E-state index contributed by atoms with van der Waals surface area (Å²) in [5.41, 5.74) is 2.81. The van der Waals surface area contributed by atoms with Crippen molar-refractivity contribution >= 4 is 0 Å². The van der Waals surface area contributed by atoms with Gasteiger partial charge in [0.05, 0.1) is 12.0 Å². The number of aromatic nitrogens is 2. The summed E-state index contributed by atoms with van der Waals surface area (Å²) in [5, 5.41) is 0. The van der Waals surface area contributed by atoms with Gasteiger partial charge in [-0.3, -0.25) is 0 Å². The van der Waals surface area contributed by atoms with E-state index in [1.165, 1.54) is 12.1 Å². The zero-order valence-electron chi connectivity index (χ0n) is 8.16. The summed E-state index contributed by atoms with van der Waals surface area (Å²) in [6, 6.07) is 6.48. The topological polar surface area (TPSA) is 17.8 Å². The van der Waals surface area contributed by atoms with Crippen molar-refractivity contribution in [2.45, 2.75) is 13.8 Å². The fraction of sp³-hybridized carbons (Fsp3) is 0.182. The first-order valence-corrected chi connectivity index (χ1v) is 4.45. The van der Waals surface area contributed by atoms with E-state index < -0.39 is 0 Å². The molecule has 0 aliphatic heterocycles. The van der Waals surface area contributed by atoms with E-state index in [9.17, 15) is 4.39 Å². The van der Waals surface area contributed by atoms with Crippen LogP contribution in [-0.2, 0) is 0 Å². The molecule has 0 bridgehead atoms. The van der Waals surface area contributed by atoms with Gasteiger partial charge in [0.1, 0.15) is 5.82 Å². The predicted molar refractivity (Wildman–Crippen MR) is 53.0 cm³/mol. The highest BCUT2D eigenvalue weighted by molar-refractivity contribution is 5.35. The maximum Gasteiger partial charge on any atom is 0.125 e. The maximum atomic E-state index is 13.0. The number of rotatable bonds is 1. The van der Waals surface area contributed by atoms with E-state index in [0.717, 1.165) is 17.1 Å². The number of imidazole rings is 1. The molecule has 0 saturated heterocycles. The van der Waals surface area contributed by atoms with Crippen LogP contribution in [0, 0.1) is 19.7 Å². The summed E-state index contributed by atoms with van der Waals surface area (Å²) in [4.78, 5) is 4.16. The molecule has 1 aromatic carbocycles. The number of hydrogen-bond acceptors (Lipinski definition) is 1. The largest absolute Gasteiger partial charge is 0.303 e. The van der Waals surface area contributed by atoms with Crippen LogP contribution in [0.4, 0.5) is 4.39 Å². The molecule has 1 aromatic heterocycles. The van der Waals surface area contributed by atoms with Crippen molar-refractivity contribution in [2.75, 3.05) is 0 Å². The number of benzene rings is 1. The van der Waals surface area contributed by atoms with E-state index >= 15 is 0 Å². The van der Waals surface area contributed by atoms with E-state index in [4.69, 9.17) is 0 Å². The standard InChI is InChI=1S/C11H11FN2/c1-8-9(2)14(7-13-8)11-5-3-4-10(12)6-11/h3-7H,1-2H3. The quantitative estimate of drug-likeness (QED) is 0.676. The van der Waals surface area contributed by atoms with Crippen LogP contribution in [0.5, 0.6) is 0 Å². The Morgan fingerprint density at radius 1 is 1.29 bits per heavy atom. The van der Waals surface area contributed by atoms with Crippen LogP contribution in [0.2, 0.25) is 0 Å². The SMILES string of the molecule is Cc1ncn(-c2cccc(F)c2)c1C. The molecule has 14 heavy (non-hydrogen) atoms. The smallest absolute Gasteiger partial charge is 0.125 e. The fourth-order valence-electron chi connectivity index (χ4n) is 1.38. The van der Waals surface area contributed by atoms with Gasteiger partial charge in [0.25, 0.3) is 0 Å². The second kappa shape index (κ2) is 3.25. The van der Waals surface area contributed by atoms with Gasteiger partial charge in [-0.15, -0.1) is 0 Å². The molecule has 1 heterocycles. The molecule has 0 aliphatic carbocycles. The lowest BCUT2D eigenvalue weighted by molar-refractivity contribution is 0.626. The first kappa shape index (κ1) is 8.94. The molecule has 0 unspecified atom stereocenters. The molecule has 0 saturated carbocycles. The van der Waals surface area contributed by atoms with E-state index in [2.05, 4.69) is 4.98 Å². The van der Waals surface area contributed by atoms with Crippen molar-refractivity contribution in [3.63, 3.8) is 0 Å². The molecule has 0 fully saturated rings. The van der Waals surface area contributed by atoms with E-state index in [1.807, 2.05) is 24.5 Å². The minimum absolute atomic E-state index is 0.228. The van der Waals surface area contributed by atoms with Crippen molar-refractivity contribution in [1.29, 1.82) is 0 Å². The summed E-state index contributed by atoms with van der Waals surface area (Å²) in [7, 11) is 0. The first-order chi connectivity index (χ1) is 6.68. The van der Waals surface area contributed by atoms with E-state index in [0.29, 0.717) is 0 Å². The van der Waals surface area contributed by atoms with Gasteiger partial charge >= 0.3 is 0 Å². The highest BCUT2D eigenvalue weighted by Gasteiger charge is 2.04. The van der Waals surface area contributed by atoms with Crippen LogP contribution in [0.15, 0.2) is 30.6 Å². The average Bonchev–Trinajstić information content (AvgIpc) is 2.48. The van der Waals surface area contributed by atoms with Gasteiger partial charge in [-0.25, -0.2) is 9.37 Å². The molecule has 0 N–H and O–H groups in total. The Balaban J connectivity index is 2.55. The third kappa shape index (κ3) is 1.41. The monoisotopic (exact) mass is 190 g/mol. The van der Waals surface area contributed by atoms with Crippen LogP contribution in [-0.4, -0.2) is 9.55 Å². The molecule has 2 aromatic rings. The van der Waals surface area contributed by atoms with Crippen molar-refractivity contribution in [3.05, 3.63) is 47.8 Å². The second-order valence-electron chi connectivity index (χ2n) is 3.27. The Morgan fingerprint density at radius 2 is 2.07 bits per heavy atom. The van der Waals surface area contributed by atoms with Gasteiger partial charge in [0.15, 0.2) is 0 Å². The van der Waals surface area contributed by atoms with Gasteiger partial charge in [-0.1, -0.05) is 6.07 Å². The zero-order chi connectivity index (χ0) is 10.1. The van der Waals surface area contributed by atoms with Crippen molar-refractivity contribution < 1.29 is 4.39 Å². The molecular weight excluding hydrogens is 179 g/mol. The Kier molecular flexibility index (Phi) is 2.08. The van der Waals surface area contributed by atoms with Crippen molar-refractivity contribution in [3.8, 4) is 5.69 Å². The Hall–Kier alpha value is -1.64. The Labute approximate surface area is 82.0 Å². The van der Waals surface area contributed by atoms with Crippen LogP contribution in [0.1, 0.15) is 11.4 Å². The first-order valence-electron chi connectivity index (χ1n) is 4.45. The third-order valence-corrected chi connectivity index (χ3v) is 2.34. The van der Waals surface area contributed by atoms with Crippen LogP contribution >= 0.6 is 0 Å². The minimum Gasteiger partial charge on any atom is -0.303 e. The lowest BCUT2D eigenvalue weighted by Gasteiger charge is -2.04. The molecule has 0 amide bonds. The summed E-state index contributed by atoms with van der Waals surface area (Å²) in [6.07, 6.45) is 1.71. The van der Waals surface area contributed by atoms with Crippen LogP contribution < -0.4 is 0 Å². The fourth-order valence-corrected chi connectivity index (χ4v) is 1.38. The summed E-state index contributed by atoms with van der Waals surface area (Å²) < 4.78 is 14.8. The molecular formula is C11H11FN2. The molecule has 0 radical (unpaired) electrons. The molecule has 0 spiro atoms. The summed E-state index contributed by atoms with van der Waals surface area (Å²) in [6.45, 7) is 3.90. The van der Waals surface area contributed by atoms with Gasteiger partial charge < -0.3 is 4.57 Å². The second-order valence-corrected chi connectivity index (χ2v) is 3.27. The van der Waals surface area contributed by atoms with Gasteiger partial charge in [0.2, 0.25) is 0 Å². The highest BCUT2D eigenvalue weighted by Crippen LogP contribution is 2.14. The highest BCUT2D eigenvalue weighted by atomic mass is 19.1. The van der Waals surface area contributed by atoms with Crippen LogP contribution in [0.25, 0.3) is 5.69 Å². The van der Waals surface area contributed by atoms with Gasteiger partial charge in [-0.2, -0.15) is 0 Å². The lowest BCUT2D eigenvalue weighted by atomic mass is 10.3. The van der Waals surface area contributed by atoms with Crippen LogP contribution in [0.3, 0.4) is 0 Å². The van der Waals surface area contributed by atoms with Crippen molar-refractivity contribution in [2.24, 2.45) is 0 Å². The minimum atomic E-state index is -0.228. The average molecular weight is 190 g/mol. The number of hydrogen-bond donors (Lipinski definition) is 0. The number of halogens is 1. The van der Waals surface area contributed by atoms with Gasteiger partial charge in [-0.05, 0) is 32.0 Å². The predicted octanol–water partition coefficient (Wildman–Crippen LogP) is 2.63. The Bertz CT molecular complexity index is 460.